The Bertz CT molecular complexity index is 287. The molecule has 0 heterocycles. The van der Waals surface area contributed by atoms with E-state index in [4.69, 9.17) is 20.2 Å². The first-order chi connectivity index (χ1) is 7.47. The molecule has 0 radical (unpaired) electrons. The minimum Gasteiger partial charge on any atom is -0.379 e. The maximum atomic E-state index is 10.8. The van der Waals surface area contributed by atoms with Gasteiger partial charge in [0.25, 0.3) is 0 Å². The van der Waals surface area contributed by atoms with Crippen LogP contribution in [0.25, 0.3) is 0 Å². The summed E-state index contributed by atoms with van der Waals surface area (Å²) in [4.78, 5) is 0. The van der Waals surface area contributed by atoms with Crippen LogP contribution in [0.5, 0.6) is 0 Å². The fourth-order valence-electron chi connectivity index (χ4n) is 1.48. The molecule has 6 heteroatoms. The Kier molecular flexibility index (Phi) is 6.03. The molecule has 1 atom stereocenters. The minimum absolute atomic E-state index is 0.0436. The average molecular weight is 271 g/mol. The lowest BCUT2D eigenvalue weighted by molar-refractivity contribution is -0.0317. The van der Waals surface area contributed by atoms with Gasteiger partial charge in [-0.25, -0.2) is 8.42 Å². The van der Waals surface area contributed by atoms with E-state index in [-0.39, 0.29) is 11.7 Å². The maximum Gasteiger partial charge on any atom is 0.232 e. The largest absolute Gasteiger partial charge is 0.379 e. The Morgan fingerprint density at radius 1 is 1.38 bits per heavy atom. The summed E-state index contributed by atoms with van der Waals surface area (Å²) in [6.07, 6.45) is 3.99. The zero-order chi connectivity index (χ0) is 12.0. The van der Waals surface area contributed by atoms with Crippen molar-refractivity contribution in [1.29, 1.82) is 0 Å². The summed E-state index contributed by atoms with van der Waals surface area (Å²) in [5.74, 6) is -0.121. The minimum atomic E-state index is -3.41. The second-order valence-corrected chi connectivity index (χ2v) is 7.13. The van der Waals surface area contributed by atoms with Gasteiger partial charge in [0.05, 0.1) is 31.7 Å². The normalized spacial score (nSPS) is 19.4. The van der Waals surface area contributed by atoms with Gasteiger partial charge in [-0.15, -0.1) is 0 Å². The molecule has 0 aromatic heterocycles. The summed E-state index contributed by atoms with van der Waals surface area (Å²) in [5, 5.41) is 0. The molecule has 0 aromatic rings. The monoisotopic (exact) mass is 270 g/mol. The van der Waals surface area contributed by atoms with E-state index in [1.807, 2.05) is 0 Å². The van der Waals surface area contributed by atoms with Crippen LogP contribution in [0, 0.1) is 5.92 Å². The number of halogens is 1. The Hall–Kier alpha value is 0.160. The summed E-state index contributed by atoms with van der Waals surface area (Å²) in [6.45, 7) is 3.31. The van der Waals surface area contributed by atoms with Crippen molar-refractivity contribution in [1.82, 2.24) is 0 Å². The van der Waals surface area contributed by atoms with Gasteiger partial charge in [0.15, 0.2) is 0 Å². The number of ether oxygens (including phenoxy) is 2. The standard InChI is InChI=1S/C10H19ClO4S/c1-9(8-16(11,12)13)7-14-5-6-15-10-3-2-4-10/h9-10H,2-8H2,1H3. The molecule has 0 aromatic carbocycles. The van der Waals surface area contributed by atoms with Crippen molar-refractivity contribution in [3.05, 3.63) is 0 Å². The molecule has 1 saturated carbocycles. The highest BCUT2D eigenvalue weighted by atomic mass is 35.7. The summed E-state index contributed by atoms with van der Waals surface area (Å²) >= 11 is 0. The van der Waals surface area contributed by atoms with Gasteiger partial charge in [-0.2, -0.15) is 0 Å². The van der Waals surface area contributed by atoms with Gasteiger partial charge in [0.1, 0.15) is 0 Å². The molecule has 1 aliphatic carbocycles. The number of hydrogen-bond acceptors (Lipinski definition) is 4. The smallest absolute Gasteiger partial charge is 0.232 e. The Labute approximate surface area is 102 Å². The van der Waals surface area contributed by atoms with Gasteiger partial charge in [-0.05, 0) is 25.2 Å². The Morgan fingerprint density at radius 3 is 2.56 bits per heavy atom. The van der Waals surface area contributed by atoms with Crippen LogP contribution in [0.4, 0.5) is 0 Å². The highest BCUT2D eigenvalue weighted by Gasteiger charge is 2.17. The first kappa shape index (κ1) is 14.2. The first-order valence-electron chi connectivity index (χ1n) is 5.59. The molecule has 0 N–H and O–H groups in total. The molecule has 0 aliphatic heterocycles. The van der Waals surface area contributed by atoms with E-state index in [0.29, 0.717) is 25.9 Å². The van der Waals surface area contributed by atoms with E-state index in [9.17, 15) is 8.42 Å². The van der Waals surface area contributed by atoms with Crippen LogP contribution in [-0.2, 0) is 18.5 Å². The van der Waals surface area contributed by atoms with Crippen molar-refractivity contribution in [2.24, 2.45) is 5.92 Å². The predicted molar refractivity (Wildman–Crippen MR) is 63.2 cm³/mol. The van der Waals surface area contributed by atoms with Gasteiger partial charge in [0.2, 0.25) is 9.05 Å². The van der Waals surface area contributed by atoms with Gasteiger partial charge in [-0.3, -0.25) is 0 Å². The van der Waals surface area contributed by atoms with E-state index >= 15 is 0 Å². The third-order valence-electron chi connectivity index (χ3n) is 2.52. The van der Waals surface area contributed by atoms with Gasteiger partial charge >= 0.3 is 0 Å². The molecular weight excluding hydrogens is 252 g/mol. The molecule has 0 spiro atoms. The fraction of sp³-hybridized carbons (Fsp3) is 1.00. The molecule has 0 bridgehead atoms. The van der Waals surface area contributed by atoms with Crippen LogP contribution in [-0.4, -0.2) is 40.1 Å². The fourth-order valence-corrected chi connectivity index (χ4v) is 2.90. The molecule has 96 valence electrons. The van der Waals surface area contributed by atoms with Crippen molar-refractivity contribution in [2.75, 3.05) is 25.6 Å². The molecule has 0 amide bonds. The zero-order valence-corrected chi connectivity index (χ0v) is 11.1. The molecule has 16 heavy (non-hydrogen) atoms. The van der Waals surface area contributed by atoms with Crippen molar-refractivity contribution in [3.63, 3.8) is 0 Å². The maximum absolute atomic E-state index is 10.8. The highest BCUT2D eigenvalue weighted by Crippen LogP contribution is 2.21. The van der Waals surface area contributed by atoms with Crippen molar-refractivity contribution in [2.45, 2.75) is 32.3 Å². The third kappa shape index (κ3) is 6.68. The predicted octanol–water partition coefficient (Wildman–Crippen LogP) is 1.78. The number of hydrogen-bond donors (Lipinski definition) is 0. The van der Waals surface area contributed by atoms with Crippen LogP contribution >= 0.6 is 10.7 Å². The van der Waals surface area contributed by atoms with Crippen molar-refractivity contribution in [3.8, 4) is 0 Å². The van der Waals surface area contributed by atoms with Crippen LogP contribution in [0.2, 0.25) is 0 Å². The van der Waals surface area contributed by atoms with Gasteiger partial charge in [0, 0.05) is 10.7 Å². The van der Waals surface area contributed by atoms with Gasteiger partial charge in [-0.1, -0.05) is 6.92 Å². The topological polar surface area (TPSA) is 52.6 Å². The molecule has 1 aliphatic rings. The Morgan fingerprint density at radius 2 is 2.06 bits per heavy atom. The van der Waals surface area contributed by atoms with E-state index < -0.39 is 9.05 Å². The lowest BCUT2D eigenvalue weighted by Crippen LogP contribution is -2.24. The zero-order valence-electron chi connectivity index (χ0n) is 9.52. The lowest BCUT2D eigenvalue weighted by atomic mass is 9.96. The lowest BCUT2D eigenvalue weighted by Gasteiger charge is -2.25. The molecule has 0 saturated heterocycles. The van der Waals surface area contributed by atoms with Crippen LogP contribution < -0.4 is 0 Å². The highest BCUT2D eigenvalue weighted by molar-refractivity contribution is 8.13. The second-order valence-electron chi connectivity index (χ2n) is 4.31. The van der Waals surface area contributed by atoms with Gasteiger partial charge < -0.3 is 9.47 Å². The summed E-state index contributed by atoms with van der Waals surface area (Å²) in [7, 11) is 1.71. The third-order valence-corrected chi connectivity index (χ3v) is 3.86. The van der Waals surface area contributed by atoms with Crippen LogP contribution in [0.3, 0.4) is 0 Å². The molecule has 1 rings (SSSR count). The summed E-state index contributed by atoms with van der Waals surface area (Å²) in [6, 6.07) is 0. The number of rotatable bonds is 8. The SMILES string of the molecule is CC(COCCOC1CCC1)CS(=O)(=O)Cl. The van der Waals surface area contributed by atoms with Crippen LogP contribution in [0.15, 0.2) is 0 Å². The second kappa shape index (κ2) is 6.79. The van der Waals surface area contributed by atoms with Crippen LogP contribution in [0.1, 0.15) is 26.2 Å². The van der Waals surface area contributed by atoms with Crippen molar-refractivity contribution >= 4 is 19.7 Å². The van der Waals surface area contributed by atoms with E-state index in [0.717, 1.165) is 12.8 Å². The molecule has 1 fully saturated rings. The Balaban J connectivity index is 1.93. The molecular formula is C10H19ClO4S. The average Bonchev–Trinajstić information content (AvgIpc) is 2.04. The van der Waals surface area contributed by atoms with E-state index in [1.165, 1.54) is 6.42 Å². The first-order valence-corrected chi connectivity index (χ1v) is 8.07. The van der Waals surface area contributed by atoms with Crippen molar-refractivity contribution < 1.29 is 17.9 Å². The van der Waals surface area contributed by atoms with E-state index in [2.05, 4.69) is 0 Å². The quantitative estimate of drug-likeness (QED) is 0.498. The van der Waals surface area contributed by atoms with E-state index in [1.54, 1.807) is 6.92 Å². The summed E-state index contributed by atoms with van der Waals surface area (Å²) in [5.41, 5.74) is 0. The summed E-state index contributed by atoms with van der Waals surface area (Å²) < 4.78 is 32.3. The molecule has 4 nitrogen and oxygen atoms in total. The molecule has 1 unspecified atom stereocenters.